The Balaban J connectivity index is 1.76. The molecular formula is C15H19BrFNO3. The second-order valence-corrected chi connectivity index (χ2v) is 5.90. The number of halogens is 2. The largest absolute Gasteiger partial charge is 0.480 e. The van der Waals surface area contributed by atoms with Crippen LogP contribution in [0.3, 0.4) is 0 Å². The van der Waals surface area contributed by atoms with Gasteiger partial charge < -0.3 is 14.8 Å². The van der Waals surface area contributed by atoms with Crippen LogP contribution in [0.2, 0.25) is 0 Å². The summed E-state index contributed by atoms with van der Waals surface area (Å²) in [6.45, 7) is 3.05. The number of nitrogens with one attached hydrogen (secondary N) is 1. The molecule has 1 fully saturated rings. The van der Waals surface area contributed by atoms with E-state index >= 15 is 0 Å². The molecule has 21 heavy (non-hydrogen) atoms. The minimum Gasteiger partial charge on any atom is -0.480 e. The van der Waals surface area contributed by atoms with Crippen molar-refractivity contribution in [2.45, 2.75) is 38.4 Å². The Morgan fingerprint density at radius 2 is 2.43 bits per heavy atom. The maximum absolute atomic E-state index is 13.0. The molecule has 4 nitrogen and oxygen atoms in total. The average molecular weight is 360 g/mol. The maximum Gasteiger partial charge on any atom is 0.260 e. The van der Waals surface area contributed by atoms with Crippen molar-refractivity contribution in [3.05, 3.63) is 28.5 Å². The summed E-state index contributed by atoms with van der Waals surface area (Å²) in [7, 11) is 0. The number of hydrogen-bond acceptors (Lipinski definition) is 3. The summed E-state index contributed by atoms with van der Waals surface area (Å²) in [5, 5.41) is 2.83. The molecule has 1 aromatic carbocycles. The molecule has 1 heterocycles. The molecule has 0 bridgehead atoms. The average Bonchev–Trinajstić information content (AvgIpc) is 2.95. The van der Waals surface area contributed by atoms with Crippen molar-refractivity contribution in [2.24, 2.45) is 0 Å². The number of carbonyl (C=O) groups excluding carboxylic acids is 1. The molecule has 6 heteroatoms. The second-order valence-electron chi connectivity index (χ2n) is 5.05. The molecule has 0 radical (unpaired) electrons. The molecule has 2 atom stereocenters. The summed E-state index contributed by atoms with van der Waals surface area (Å²) < 4.78 is 24.5. The lowest BCUT2D eigenvalue weighted by Crippen LogP contribution is -2.37. The normalized spacial score (nSPS) is 19.3. The van der Waals surface area contributed by atoms with Crippen LogP contribution < -0.4 is 10.1 Å². The predicted octanol–water partition coefficient (Wildman–Crippen LogP) is 3.04. The van der Waals surface area contributed by atoms with Crippen molar-refractivity contribution in [3.8, 4) is 5.75 Å². The Morgan fingerprint density at radius 3 is 3.10 bits per heavy atom. The highest BCUT2D eigenvalue weighted by molar-refractivity contribution is 9.10. The van der Waals surface area contributed by atoms with Crippen molar-refractivity contribution < 1.29 is 18.7 Å². The zero-order chi connectivity index (χ0) is 15.2. The third kappa shape index (κ3) is 4.97. The molecule has 1 N–H and O–H groups in total. The van der Waals surface area contributed by atoms with Gasteiger partial charge in [-0.15, -0.1) is 0 Å². The first-order chi connectivity index (χ1) is 10.1. The summed E-state index contributed by atoms with van der Waals surface area (Å²) in [5.41, 5.74) is 0. The van der Waals surface area contributed by atoms with E-state index in [-0.39, 0.29) is 17.8 Å². The lowest BCUT2D eigenvalue weighted by Gasteiger charge is -2.16. The zero-order valence-electron chi connectivity index (χ0n) is 11.9. The lowest BCUT2D eigenvalue weighted by molar-refractivity contribution is -0.127. The molecule has 0 spiro atoms. The monoisotopic (exact) mass is 359 g/mol. The van der Waals surface area contributed by atoms with Crippen LogP contribution >= 0.6 is 15.9 Å². The molecule has 1 aromatic rings. The fourth-order valence-electron chi connectivity index (χ4n) is 2.19. The summed E-state index contributed by atoms with van der Waals surface area (Å²) in [6, 6.07) is 4.09. The van der Waals surface area contributed by atoms with Gasteiger partial charge in [0.2, 0.25) is 0 Å². The zero-order valence-corrected chi connectivity index (χ0v) is 13.5. The van der Waals surface area contributed by atoms with Gasteiger partial charge in [-0.25, -0.2) is 4.39 Å². The predicted molar refractivity (Wildman–Crippen MR) is 80.8 cm³/mol. The topological polar surface area (TPSA) is 47.6 Å². The quantitative estimate of drug-likeness (QED) is 0.848. The van der Waals surface area contributed by atoms with Crippen LogP contribution in [0.5, 0.6) is 5.75 Å². The molecular weight excluding hydrogens is 341 g/mol. The number of ether oxygens (including phenoxy) is 2. The van der Waals surface area contributed by atoms with Gasteiger partial charge in [0.1, 0.15) is 11.6 Å². The van der Waals surface area contributed by atoms with Crippen LogP contribution in [-0.2, 0) is 9.53 Å². The standard InChI is InChI=1S/C15H19BrFNO3/c1-10(21-14-5-4-11(17)9-13(14)16)15(19)18-7-6-12-3-2-8-20-12/h4-5,9-10,12H,2-3,6-8H2,1H3,(H,18,19). The summed E-state index contributed by atoms with van der Waals surface area (Å²) in [5.74, 6) is -0.106. The molecule has 0 aliphatic carbocycles. The Labute approximate surface area is 132 Å². The van der Waals surface area contributed by atoms with E-state index in [9.17, 15) is 9.18 Å². The van der Waals surface area contributed by atoms with E-state index in [0.29, 0.717) is 16.8 Å². The summed E-state index contributed by atoms with van der Waals surface area (Å²) in [4.78, 5) is 11.9. The lowest BCUT2D eigenvalue weighted by atomic mass is 10.2. The van der Waals surface area contributed by atoms with Gasteiger partial charge >= 0.3 is 0 Å². The number of amides is 1. The maximum atomic E-state index is 13.0. The van der Waals surface area contributed by atoms with E-state index in [1.807, 2.05) is 0 Å². The van der Waals surface area contributed by atoms with E-state index in [1.165, 1.54) is 18.2 Å². The van der Waals surface area contributed by atoms with Crippen LogP contribution in [-0.4, -0.2) is 31.3 Å². The molecule has 2 unspecified atom stereocenters. The smallest absolute Gasteiger partial charge is 0.260 e. The highest BCUT2D eigenvalue weighted by Crippen LogP contribution is 2.26. The molecule has 1 aliphatic heterocycles. The second kappa shape index (κ2) is 7.75. The van der Waals surface area contributed by atoms with Gasteiger partial charge in [0.15, 0.2) is 6.10 Å². The fourth-order valence-corrected chi connectivity index (χ4v) is 2.63. The first kappa shape index (κ1) is 16.2. The Kier molecular flexibility index (Phi) is 5.99. The van der Waals surface area contributed by atoms with Crippen molar-refractivity contribution >= 4 is 21.8 Å². The van der Waals surface area contributed by atoms with Gasteiger partial charge in [-0.2, -0.15) is 0 Å². The van der Waals surface area contributed by atoms with E-state index in [4.69, 9.17) is 9.47 Å². The highest BCUT2D eigenvalue weighted by Gasteiger charge is 2.18. The van der Waals surface area contributed by atoms with Gasteiger partial charge in [0, 0.05) is 13.2 Å². The molecule has 116 valence electrons. The number of hydrogen-bond donors (Lipinski definition) is 1. The third-order valence-corrected chi connectivity index (χ3v) is 3.98. The van der Waals surface area contributed by atoms with Gasteiger partial charge in [0.25, 0.3) is 5.91 Å². The SMILES string of the molecule is CC(Oc1ccc(F)cc1Br)C(=O)NCCC1CCCO1. The van der Waals surface area contributed by atoms with Gasteiger partial charge in [-0.3, -0.25) is 4.79 Å². The molecule has 0 aromatic heterocycles. The van der Waals surface area contributed by atoms with Crippen LogP contribution in [0.25, 0.3) is 0 Å². The van der Waals surface area contributed by atoms with E-state index in [2.05, 4.69) is 21.2 Å². The van der Waals surface area contributed by atoms with Crippen molar-refractivity contribution in [3.63, 3.8) is 0 Å². The molecule has 1 amide bonds. The van der Waals surface area contributed by atoms with Crippen LogP contribution in [0, 0.1) is 5.82 Å². The van der Waals surface area contributed by atoms with Crippen LogP contribution in [0.15, 0.2) is 22.7 Å². The highest BCUT2D eigenvalue weighted by atomic mass is 79.9. The van der Waals surface area contributed by atoms with Gasteiger partial charge in [-0.1, -0.05) is 0 Å². The Hall–Kier alpha value is -1.14. The first-order valence-electron chi connectivity index (χ1n) is 7.07. The Morgan fingerprint density at radius 1 is 1.62 bits per heavy atom. The third-order valence-electron chi connectivity index (χ3n) is 3.36. The van der Waals surface area contributed by atoms with Crippen molar-refractivity contribution in [1.82, 2.24) is 5.32 Å². The van der Waals surface area contributed by atoms with E-state index in [0.717, 1.165) is 25.9 Å². The van der Waals surface area contributed by atoms with Gasteiger partial charge in [0.05, 0.1) is 10.6 Å². The van der Waals surface area contributed by atoms with Gasteiger partial charge in [-0.05, 0) is 60.3 Å². The van der Waals surface area contributed by atoms with Crippen LogP contribution in [0.1, 0.15) is 26.2 Å². The van der Waals surface area contributed by atoms with Crippen molar-refractivity contribution in [2.75, 3.05) is 13.2 Å². The summed E-state index contributed by atoms with van der Waals surface area (Å²) >= 11 is 3.21. The van der Waals surface area contributed by atoms with Crippen LogP contribution in [0.4, 0.5) is 4.39 Å². The fraction of sp³-hybridized carbons (Fsp3) is 0.533. The van der Waals surface area contributed by atoms with E-state index in [1.54, 1.807) is 6.92 Å². The molecule has 2 rings (SSSR count). The first-order valence-corrected chi connectivity index (χ1v) is 7.86. The Bertz CT molecular complexity index is 492. The number of benzene rings is 1. The molecule has 1 aliphatic rings. The number of rotatable bonds is 6. The minimum atomic E-state index is -0.642. The minimum absolute atomic E-state index is 0.191. The molecule has 0 saturated carbocycles. The van der Waals surface area contributed by atoms with Crippen molar-refractivity contribution in [1.29, 1.82) is 0 Å². The van der Waals surface area contributed by atoms with E-state index < -0.39 is 6.10 Å². The number of carbonyl (C=O) groups is 1. The summed E-state index contributed by atoms with van der Waals surface area (Å²) in [6.07, 6.45) is 2.59. The molecule has 1 saturated heterocycles.